The topological polar surface area (TPSA) is 107 Å². The minimum Gasteiger partial charge on any atom is -0.495 e. The fourth-order valence-corrected chi connectivity index (χ4v) is 4.46. The summed E-state index contributed by atoms with van der Waals surface area (Å²) in [5.74, 6) is 0.229. The summed E-state index contributed by atoms with van der Waals surface area (Å²) in [5.41, 5.74) is 1.20. The van der Waals surface area contributed by atoms with Crippen LogP contribution in [0.25, 0.3) is 0 Å². The molecule has 1 heterocycles. The summed E-state index contributed by atoms with van der Waals surface area (Å²) in [7, 11) is -0.999. The van der Waals surface area contributed by atoms with E-state index in [2.05, 4.69) is 15.0 Å². The van der Waals surface area contributed by atoms with E-state index in [1.54, 1.807) is 0 Å². The molecule has 27 heavy (non-hydrogen) atoms. The molecule has 2 N–H and O–H groups in total. The normalized spacial score (nSPS) is 14.1. The third-order valence-electron chi connectivity index (χ3n) is 4.05. The highest BCUT2D eigenvalue weighted by Gasteiger charge is 2.26. The molecule has 3 rings (SSSR count). The van der Waals surface area contributed by atoms with Gasteiger partial charge < -0.3 is 9.47 Å². The Bertz CT molecular complexity index is 922. The van der Waals surface area contributed by atoms with Crippen molar-refractivity contribution >= 4 is 32.4 Å². The number of methoxy groups -OCH3 is 2. The smallest absolute Gasteiger partial charge is 0.257 e. The molecule has 146 valence electrons. The third kappa shape index (κ3) is 4.83. The number of rotatable bonds is 9. The second-order valence-corrected chi connectivity index (χ2v) is 8.66. The Balaban J connectivity index is 1.79. The van der Waals surface area contributed by atoms with E-state index in [4.69, 9.17) is 9.47 Å². The van der Waals surface area contributed by atoms with E-state index in [-0.39, 0.29) is 29.4 Å². The predicted octanol–water partition coefficient (Wildman–Crippen LogP) is 2.21. The molecule has 0 radical (unpaired) electrons. The second-order valence-electron chi connectivity index (χ2n) is 6.06. The number of sulfonamides is 1. The number of hydrogen-bond acceptors (Lipinski definition) is 7. The molecule has 1 aromatic heterocycles. The molecule has 1 aromatic carbocycles. The SMILES string of the molecule is COCCNS(=O)(=O)c1cc(C(=O)Nc2nc(C3CC3)cs2)ccc1OC. The van der Waals surface area contributed by atoms with E-state index in [1.807, 2.05) is 5.38 Å². The van der Waals surface area contributed by atoms with E-state index < -0.39 is 15.9 Å². The zero-order valence-corrected chi connectivity index (χ0v) is 16.7. The van der Waals surface area contributed by atoms with Crippen molar-refractivity contribution in [2.45, 2.75) is 23.7 Å². The number of carbonyl (C=O) groups excluding carboxylic acids is 1. The molecule has 1 saturated carbocycles. The van der Waals surface area contributed by atoms with E-state index >= 15 is 0 Å². The van der Waals surface area contributed by atoms with E-state index in [1.165, 1.54) is 43.8 Å². The zero-order chi connectivity index (χ0) is 19.4. The molecule has 1 aliphatic rings. The molecule has 0 atom stereocenters. The molecule has 0 unspecified atom stereocenters. The van der Waals surface area contributed by atoms with Crippen molar-refractivity contribution in [3.8, 4) is 5.75 Å². The fourth-order valence-electron chi connectivity index (χ4n) is 2.46. The van der Waals surface area contributed by atoms with Crippen LogP contribution in [0.1, 0.15) is 34.8 Å². The van der Waals surface area contributed by atoms with Crippen LogP contribution in [0, 0.1) is 0 Å². The number of benzene rings is 1. The number of amides is 1. The number of ether oxygens (including phenoxy) is 2. The monoisotopic (exact) mass is 411 g/mol. The lowest BCUT2D eigenvalue weighted by atomic mass is 10.2. The number of anilines is 1. The van der Waals surface area contributed by atoms with Gasteiger partial charge >= 0.3 is 0 Å². The van der Waals surface area contributed by atoms with Crippen LogP contribution in [0.2, 0.25) is 0 Å². The maximum Gasteiger partial charge on any atom is 0.257 e. The summed E-state index contributed by atoms with van der Waals surface area (Å²) in [6, 6.07) is 4.26. The van der Waals surface area contributed by atoms with Gasteiger partial charge in [0.2, 0.25) is 10.0 Å². The Morgan fingerprint density at radius 3 is 2.78 bits per heavy atom. The van der Waals surface area contributed by atoms with Gasteiger partial charge in [0.05, 0.1) is 19.4 Å². The molecule has 8 nitrogen and oxygen atoms in total. The molecular weight excluding hydrogens is 390 g/mol. The number of thiazole rings is 1. The first kappa shape index (κ1) is 19.7. The Labute approximate surface area is 162 Å². The minimum atomic E-state index is -3.85. The molecule has 1 fully saturated rings. The lowest BCUT2D eigenvalue weighted by molar-refractivity contribution is 0.102. The summed E-state index contributed by atoms with van der Waals surface area (Å²) in [4.78, 5) is 16.8. The van der Waals surface area contributed by atoms with Gasteiger partial charge in [0.15, 0.2) is 5.13 Å². The molecule has 10 heteroatoms. The average molecular weight is 412 g/mol. The zero-order valence-electron chi connectivity index (χ0n) is 15.0. The van der Waals surface area contributed by atoms with Crippen molar-refractivity contribution in [3.05, 3.63) is 34.8 Å². The number of nitrogens with one attached hydrogen (secondary N) is 2. The highest BCUT2D eigenvalue weighted by molar-refractivity contribution is 7.89. The first-order chi connectivity index (χ1) is 12.9. The number of hydrogen-bond donors (Lipinski definition) is 2. The molecule has 2 aromatic rings. The van der Waals surface area contributed by atoms with Crippen LogP contribution >= 0.6 is 11.3 Å². The van der Waals surface area contributed by atoms with Crippen molar-refractivity contribution in [1.29, 1.82) is 0 Å². The Kier molecular flexibility index (Phi) is 6.10. The van der Waals surface area contributed by atoms with E-state index in [0.717, 1.165) is 18.5 Å². The quantitative estimate of drug-likeness (QED) is 0.613. The maximum absolute atomic E-state index is 12.5. The number of carbonyl (C=O) groups is 1. The Morgan fingerprint density at radius 1 is 1.33 bits per heavy atom. The predicted molar refractivity (Wildman–Crippen MR) is 102 cm³/mol. The minimum absolute atomic E-state index is 0.105. The van der Waals surface area contributed by atoms with Crippen molar-refractivity contribution in [3.63, 3.8) is 0 Å². The summed E-state index contributed by atoms with van der Waals surface area (Å²) >= 11 is 1.36. The van der Waals surface area contributed by atoms with E-state index in [9.17, 15) is 13.2 Å². The standard InChI is InChI=1S/C17H21N3O5S2/c1-24-8-7-18-27(22,23)15-9-12(5-6-14(15)25-2)16(21)20-17-19-13(10-26-17)11-3-4-11/h5-6,9-11,18H,3-4,7-8H2,1-2H3,(H,19,20,21). The van der Waals surface area contributed by atoms with E-state index in [0.29, 0.717) is 11.0 Å². The lowest BCUT2D eigenvalue weighted by Gasteiger charge is -2.12. The van der Waals surface area contributed by atoms with Crippen molar-refractivity contribution in [2.24, 2.45) is 0 Å². The van der Waals surface area contributed by atoms with Crippen molar-refractivity contribution in [1.82, 2.24) is 9.71 Å². The second kappa shape index (κ2) is 8.34. The van der Waals surface area contributed by atoms with Crippen LogP contribution in [0.4, 0.5) is 5.13 Å². The Morgan fingerprint density at radius 2 is 2.11 bits per heavy atom. The first-order valence-electron chi connectivity index (χ1n) is 8.38. The number of aromatic nitrogens is 1. The molecule has 0 saturated heterocycles. The van der Waals surface area contributed by atoms with Gasteiger partial charge in [-0.25, -0.2) is 18.1 Å². The van der Waals surface area contributed by atoms with Gasteiger partial charge in [0.1, 0.15) is 10.6 Å². The molecular formula is C17H21N3O5S2. The van der Waals surface area contributed by atoms with Gasteiger partial charge in [-0.05, 0) is 31.0 Å². The summed E-state index contributed by atoms with van der Waals surface area (Å²) in [6.07, 6.45) is 2.26. The molecule has 1 amide bonds. The molecule has 0 aliphatic heterocycles. The van der Waals surface area contributed by atoms with Crippen LogP contribution in [0.5, 0.6) is 5.75 Å². The van der Waals surface area contributed by atoms with Gasteiger partial charge in [0, 0.05) is 30.5 Å². The summed E-state index contributed by atoms with van der Waals surface area (Å²) in [6.45, 7) is 0.344. The maximum atomic E-state index is 12.5. The molecule has 0 bridgehead atoms. The van der Waals surface area contributed by atoms with Crippen LogP contribution in [-0.4, -0.2) is 46.7 Å². The first-order valence-corrected chi connectivity index (χ1v) is 10.7. The van der Waals surface area contributed by atoms with Crippen molar-refractivity contribution < 1.29 is 22.7 Å². The van der Waals surface area contributed by atoms with Crippen LogP contribution < -0.4 is 14.8 Å². The molecule has 1 aliphatic carbocycles. The van der Waals surface area contributed by atoms with Gasteiger partial charge in [0.25, 0.3) is 5.91 Å². The van der Waals surface area contributed by atoms with Crippen LogP contribution in [0.3, 0.4) is 0 Å². The van der Waals surface area contributed by atoms with Gasteiger partial charge in [-0.2, -0.15) is 0 Å². The highest BCUT2D eigenvalue weighted by atomic mass is 32.2. The van der Waals surface area contributed by atoms with Gasteiger partial charge in [-0.1, -0.05) is 0 Å². The number of nitrogens with zero attached hydrogens (tertiary/aromatic N) is 1. The van der Waals surface area contributed by atoms with Gasteiger partial charge in [-0.15, -0.1) is 11.3 Å². The summed E-state index contributed by atoms with van der Waals surface area (Å²) < 4.78 is 37.4. The van der Waals surface area contributed by atoms with Gasteiger partial charge in [-0.3, -0.25) is 10.1 Å². The van der Waals surface area contributed by atoms with Crippen molar-refractivity contribution in [2.75, 3.05) is 32.7 Å². The highest BCUT2D eigenvalue weighted by Crippen LogP contribution is 2.40. The Hall–Kier alpha value is -2.01. The van der Waals surface area contributed by atoms with Crippen LogP contribution in [0.15, 0.2) is 28.5 Å². The van der Waals surface area contributed by atoms with Crippen LogP contribution in [-0.2, 0) is 14.8 Å². The lowest BCUT2D eigenvalue weighted by Crippen LogP contribution is -2.28. The largest absolute Gasteiger partial charge is 0.495 e. The molecule has 0 spiro atoms. The average Bonchev–Trinajstić information content (AvgIpc) is 3.41. The third-order valence-corrected chi connectivity index (χ3v) is 6.31. The summed E-state index contributed by atoms with van der Waals surface area (Å²) in [5, 5.41) is 5.16. The fraction of sp³-hybridized carbons (Fsp3) is 0.412.